The first-order valence-electron chi connectivity index (χ1n) is 8.63. The second-order valence-electron chi connectivity index (χ2n) is 8.35. The molecule has 0 saturated heterocycles. The second-order valence-corrected chi connectivity index (χ2v) is 8.35. The highest BCUT2D eigenvalue weighted by Crippen LogP contribution is 2.63. The molecule has 3 nitrogen and oxygen atoms in total. The van der Waals surface area contributed by atoms with Crippen LogP contribution in [0.3, 0.4) is 0 Å². The molecule has 2 N–H and O–H groups in total. The Morgan fingerprint density at radius 1 is 1.14 bits per heavy atom. The maximum atomic E-state index is 11.7. The summed E-state index contributed by atoms with van der Waals surface area (Å²) >= 11 is 0. The van der Waals surface area contributed by atoms with Gasteiger partial charge in [-0.25, -0.2) is 0 Å². The van der Waals surface area contributed by atoms with Gasteiger partial charge in [0, 0.05) is 11.5 Å². The normalized spacial score (nSPS) is 55.4. The molecule has 21 heavy (non-hydrogen) atoms. The van der Waals surface area contributed by atoms with E-state index in [4.69, 9.17) is 0 Å². The smallest absolute Gasteiger partial charge is 0.243 e. The van der Waals surface area contributed by atoms with Crippen molar-refractivity contribution in [1.29, 1.82) is 0 Å². The lowest BCUT2D eigenvalue weighted by Gasteiger charge is -2.58. The van der Waals surface area contributed by atoms with Gasteiger partial charge in [0.2, 0.25) is 5.91 Å². The van der Waals surface area contributed by atoms with Crippen LogP contribution >= 0.6 is 0 Å². The second kappa shape index (κ2) is 4.34. The van der Waals surface area contributed by atoms with Crippen LogP contribution in [-0.4, -0.2) is 23.2 Å². The van der Waals surface area contributed by atoms with Crippen molar-refractivity contribution in [3.8, 4) is 0 Å². The highest BCUT2D eigenvalue weighted by Gasteiger charge is 2.59. The summed E-state index contributed by atoms with van der Waals surface area (Å²) in [7, 11) is 0. The lowest BCUT2D eigenvalue weighted by Crippen LogP contribution is -2.59. The van der Waals surface area contributed by atoms with Gasteiger partial charge in [-0.05, 0) is 67.8 Å². The van der Waals surface area contributed by atoms with Crippen LogP contribution in [0.5, 0.6) is 0 Å². The highest BCUT2D eigenvalue weighted by atomic mass is 16.3. The summed E-state index contributed by atoms with van der Waals surface area (Å²) in [5.41, 5.74) is 0.262. The van der Waals surface area contributed by atoms with Gasteiger partial charge in [0.05, 0.1) is 6.10 Å². The van der Waals surface area contributed by atoms with Gasteiger partial charge in [0.15, 0.2) is 0 Å². The molecule has 3 saturated carbocycles. The molecule has 0 spiro atoms. The van der Waals surface area contributed by atoms with E-state index in [1.165, 1.54) is 19.3 Å². The van der Waals surface area contributed by atoms with Crippen molar-refractivity contribution in [2.24, 2.45) is 28.6 Å². The van der Waals surface area contributed by atoms with E-state index in [0.717, 1.165) is 25.2 Å². The van der Waals surface area contributed by atoms with Crippen molar-refractivity contribution in [2.45, 2.75) is 64.5 Å². The number of rotatable bonds is 0. The van der Waals surface area contributed by atoms with Crippen LogP contribution in [0.25, 0.3) is 0 Å². The predicted molar refractivity (Wildman–Crippen MR) is 81.5 cm³/mol. The van der Waals surface area contributed by atoms with Crippen LogP contribution < -0.4 is 5.32 Å². The minimum atomic E-state index is -0.101. The predicted octanol–water partition coefficient (Wildman–Crippen LogP) is 2.64. The van der Waals surface area contributed by atoms with Crippen molar-refractivity contribution >= 4 is 5.91 Å². The number of hydrogen-bond donors (Lipinski definition) is 2. The number of fused-ring (bicyclic) bond motifs is 5. The molecule has 3 aliphatic carbocycles. The van der Waals surface area contributed by atoms with E-state index in [-0.39, 0.29) is 22.8 Å². The van der Waals surface area contributed by atoms with E-state index >= 15 is 0 Å². The fourth-order valence-electron chi connectivity index (χ4n) is 6.31. The molecule has 116 valence electrons. The third-order valence-electron chi connectivity index (χ3n) is 7.64. The molecule has 0 aromatic rings. The third-order valence-corrected chi connectivity index (χ3v) is 7.64. The monoisotopic (exact) mass is 289 g/mol. The van der Waals surface area contributed by atoms with Gasteiger partial charge in [-0.3, -0.25) is 4.79 Å². The van der Waals surface area contributed by atoms with E-state index in [1.54, 1.807) is 6.08 Å². The van der Waals surface area contributed by atoms with Crippen LogP contribution in [0.2, 0.25) is 0 Å². The molecule has 1 aliphatic heterocycles. The molecule has 1 amide bonds. The molecular weight excluding hydrogens is 262 g/mol. The zero-order valence-corrected chi connectivity index (χ0v) is 13.1. The zero-order valence-electron chi connectivity index (χ0n) is 13.1. The molecule has 3 fully saturated rings. The maximum Gasteiger partial charge on any atom is 0.243 e. The van der Waals surface area contributed by atoms with Gasteiger partial charge in [0.25, 0.3) is 0 Å². The number of aliphatic hydroxyl groups is 1. The number of carbonyl (C=O) groups excluding carboxylic acids is 1. The molecule has 1 heterocycles. The zero-order chi connectivity index (χ0) is 14.8. The summed E-state index contributed by atoms with van der Waals surface area (Å²) in [5, 5.41) is 13.6. The van der Waals surface area contributed by atoms with Gasteiger partial charge in [-0.15, -0.1) is 0 Å². The Bertz CT molecular complexity index is 501. The van der Waals surface area contributed by atoms with Crippen LogP contribution in [0.1, 0.15) is 52.4 Å². The van der Waals surface area contributed by atoms with E-state index in [0.29, 0.717) is 17.9 Å². The first-order valence-corrected chi connectivity index (χ1v) is 8.63. The summed E-state index contributed by atoms with van der Waals surface area (Å²) < 4.78 is 0. The largest absolute Gasteiger partial charge is 0.393 e. The fraction of sp³-hybridized carbons (Fsp3) is 0.833. The van der Waals surface area contributed by atoms with Crippen LogP contribution in [0, 0.1) is 28.6 Å². The summed E-state index contributed by atoms with van der Waals surface area (Å²) in [5.74, 6) is 2.14. The first kappa shape index (κ1) is 13.8. The van der Waals surface area contributed by atoms with Crippen molar-refractivity contribution in [3.63, 3.8) is 0 Å². The molecule has 4 rings (SSSR count). The van der Waals surface area contributed by atoms with Crippen LogP contribution in [0.4, 0.5) is 0 Å². The van der Waals surface area contributed by atoms with Gasteiger partial charge in [0.1, 0.15) is 0 Å². The van der Waals surface area contributed by atoms with Crippen molar-refractivity contribution in [2.75, 3.05) is 0 Å². The Morgan fingerprint density at radius 3 is 2.76 bits per heavy atom. The highest BCUT2D eigenvalue weighted by molar-refractivity contribution is 5.89. The number of carbonyl (C=O) groups is 1. The van der Waals surface area contributed by atoms with Gasteiger partial charge < -0.3 is 10.4 Å². The average Bonchev–Trinajstić information content (AvgIpc) is 2.76. The minimum absolute atomic E-state index is 0.0767. The number of aliphatic hydroxyl groups excluding tert-OH is 1. The Labute approximate surface area is 127 Å². The van der Waals surface area contributed by atoms with Crippen molar-refractivity contribution in [1.82, 2.24) is 5.32 Å². The lowest BCUT2D eigenvalue weighted by atomic mass is 9.48. The molecular formula is C18H27NO2. The molecule has 0 aromatic carbocycles. The summed E-state index contributed by atoms with van der Waals surface area (Å²) in [6, 6.07) is 0.312. The molecule has 0 radical (unpaired) electrons. The SMILES string of the molecule is C[C@]12C=CC(=O)N[C@@H]1CC[C@@H]1[C@@H]2CC[C@]2(C)[C@@H](O)CC[C@@H]12. The molecule has 3 heteroatoms. The van der Waals surface area contributed by atoms with E-state index < -0.39 is 0 Å². The Kier molecular flexibility index (Phi) is 2.86. The van der Waals surface area contributed by atoms with E-state index in [1.807, 2.05) is 0 Å². The minimum Gasteiger partial charge on any atom is -0.393 e. The molecule has 0 aromatic heterocycles. The summed E-state index contributed by atoms with van der Waals surface area (Å²) in [6.07, 6.45) is 10.7. The number of amides is 1. The van der Waals surface area contributed by atoms with E-state index in [2.05, 4.69) is 25.2 Å². The number of nitrogens with one attached hydrogen (secondary N) is 1. The topological polar surface area (TPSA) is 49.3 Å². The van der Waals surface area contributed by atoms with E-state index in [9.17, 15) is 9.90 Å². The Hall–Kier alpha value is -0.830. The van der Waals surface area contributed by atoms with Gasteiger partial charge >= 0.3 is 0 Å². The quantitative estimate of drug-likeness (QED) is 0.720. The number of hydrogen-bond acceptors (Lipinski definition) is 2. The maximum absolute atomic E-state index is 11.7. The standard InChI is InChI=1S/C18H27NO2/c1-17-10-8-16(21)19-14(17)5-3-11-12-4-6-15(20)18(12,2)9-7-13(11)17/h8,10-15,20H,3-7,9H2,1-2H3,(H,19,21)/t11-,12-,13-,14+,15-,17+,18-/m0/s1. The van der Waals surface area contributed by atoms with Crippen molar-refractivity contribution < 1.29 is 9.90 Å². The first-order chi connectivity index (χ1) is 9.95. The summed E-state index contributed by atoms with van der Waals surface area (Å²) in [4.78, 5) is 11.7. The third kappa shape index (κ3) is 1.73. The fourth-order valence-corrected chi connectivity index (χ4v) is 6.31. The van der Waals surface area contributed by atoms with Crippen LogP contribution in [-0.2, 0) is 4.79 Å². The van der Waals surface area contributed by atoms with Gasteiger partial charge in [-0.1, -0.05) is 19.9 Å². The average molecular weight is 289 g/mol. The summed E-state index contributed by atoms with van der Waals surface area (Å²) in [6.45, 7) is 4.66. The van der Waals surface area contributed by atoms with Crippen molar-refractivity contribution in [3.05, 3.63) is 12.2 Å². The van der Waals surface area contributed by atoms with Crippen LogP contribution in [0.15, 0.2) is 12.2 Å². The molecule has 0 unspecified atom stereocenters. The van der Waals surface area contributed by atoms with Gasteiger partial charge in [-0.2, -0.15) is 0 Å². The Balaban J connectivity index is 1.68. The molecule has 4 aliphatic rings. The molecule has 7 atom stereocenters. The molecule has 0 bridgehead atoms. The lowest BCUT2D eigenvalue weighted by molar-refractivity contribution is -0.123. The Morgan fingerprint density at radius 2 is 1.95 bits per heavy atom.